The second kappa shape index (κ2) is 8.18. The molecule has 0 unspecified atom stereocenters. The van der Waals surface area contributed by atoms with E-state index in [1.54, 1.807) is 13.0 Å². The molecule has 0 aliphatic carbocycles. The van der Waals surface area contributed by atoms with Crippen LogP contribution in [-0.2, 0) is 4.79 Å². The van der Waals surface area contributed by atoms with Gasteiger partial charge < -0.3 is 4.74 Å². The number of allylic oxidation sites excluding steroid dienone is 1. The lowest BCUT2D eigenvalue weighted by Gasteiger charge is -2.07. The Kier molecular flexibility index (Phi) is 5.96. The maximum absolute atomic E-state index is 10.9. The van der Waals surface area contributed by atoms with E-state index in [-0.39, 0.29) is 5.78 Å². The van der Waals surface area contributed by atoms with Crippen LogP contribution >= 0.6 is 0 Å². The molecular weight excluding hydrogens is 272 g/mol. The molecule has 2 aromatic carbocycles. The molecule has 0 aromatic heterocycles. The molecule has 0 N–H and O–H groups in total. The van der Waals surface area contributed by atoms with Gasteiger partial charge in [0.25, 0.3) is 0 Å². The van der Waals surface area contributed by atoms with Crippen molar-refractivity contribution in [2.45, 2.75) is 26.7 Å². The van der Waals surface area contributed by atoms with Gasteiger partial charge in [-0.05, 0) is 48.2 Å². The van der Waals surface area contributed by atoms with E-state index in [0.717, 1.165) is 41.9 Å². The largest absolute Gasteiger partial charge is 0.494 e. The van der Waals surface area contributed by atoms with E-state index in [9.17, 15) is 4.79 Å². The Morgan fingerprint density at radius 1 is 1.00 bits per heavy atom. The summed E-state index contributed by atoms with van der Waals surface area (Å²) < 4.78 is 5.67. The number of hydrogen-bond donors (Lipinski definition) is 0. The van der Waals surface area contributed by atoms with Gasteiger partial charge in [0, 0.05) is 0 Å². The molecule has 0 spiro atoms. The second-order valence-electron chi connectivity index (χ2n) is 5.29. The standard InChI is InChI=1S/C20H22O2/c1-3-4-15-22-20-13-11-19(12-14-20)18-9-7-17(8-10-18)6-5-16(2)21/h5-14H,3-4,15H2,1-2H3. The van der Waals surface area contributed by atoms with Crippen molar-refractivity contribution in [2.24, 2.45) is 0 Å². The molecule has 2 rings (SSSR count). The number of benzene rings is 2. The predicted octanol–water partition coefficient (Wildman–Crippen LogP) is 5.13. The minimum atomic E-state index is 0.0581. The Labute approximate surface area is 132 Å². The van der Waals surface area contributed by atoms with Crippen molar-refractivity contribution in [1.29, 1.82) is 0 Å². The van der Waals surface area contributed by atoms with Gasteiger partial charge >= 0.3 is 0 Å². The molecular formula is C20H22O2. The molecule has 0 saturated heterocycles. The van der Waals surface area contributed by atoms with Gasteiger partial charge in [-0.2, -0.15) is 0 Å². The van der Waals surface area contributed by atoms with Crippen LogP contribution in [0, 0.1) is 0 Å². The number of rotatable bonds is 7. The van der Waals surface area contributed by atoms with Crippen LogP contribution in [0.15, 0.2) is 54.6 Å². The fourth-order valence-corrected chi connectivity index (χ4v) is 2.08. The quantitative estimate of drug-likeness (QED) is 0.522. The highest BCUT2D eigenvalue weighted by molar-refractivity contribution is 5.91. The summed E-state index contributed by atoms with van der Waals surface area (Å²) in [5.74, 6) is 0.973. The van der Waals surface area contributed by atoms with E-state index in [0.29, 0.717) is 0 Å². The fourth-order valence-electron chi connectivity index (χ4n) is 2.08. The first-order valence-electron chi connectivity index (χ1n) is 7.71. The number of unbranched alkanes of at least 4 members (excludes halogenated alkanes) is 1. The van der Waals surface area contributed by atoms with Gasteiger partial charge in [0.05, 0.1) is 6.61 Å². The van der Waals surface area contributed by atoms with Crippen molar-refractivity contribution in [3.05, 3.63) is 60.2 Å². The zero-order chi connectivity index (χ0) is 15.8. The summed E-state index contributed by atoms with van der Waals surface area (Å²) in [6.45, 7) is 4.48. The van der Waals surface area contributed by atoms with E-state index in [4.69, 9.17) is 4.74 Å². The van der Waals surface area contributed by atoms with E-state index in [2.05, 4.69) is 31.2 Å². The highest BCUT2D eigenvalue weighted by Gasteiger charge is 1.99. The topological polar surface area (TPSA) is 26.3 Å². The zero-order valence-corrected chi connectivity index (χ0v) is 13.2. The van der Waals surface area contributed by atoms with Crippen LogP contribution in [0.5, 0.6) is 5.75 Å². The molecule has 2 nitrogen and oxygen atoms in total. The highest BCUT2D eigenvalue weighted by atomic mass is 16.5. The molecule has 0 aliphatic heterocycles. The van der Waals surface area contributed by atoms with Gasteiger partial charge in [0.15, 0.2) is 5.78 Å². The van der Waals surface area contributed by atoms with Gasteiger partial charge in [0.1, 0.15) is 5.75 Å². The molecule has 0 atom stereocenters. The zero-order valence-electron chi connectivity index (χ0n) is 13.2. The normalized spacial score (nSPS) is 10.8. The van der Waals surface area contributed by atoms with E-state index >= 15 is 0 Å². The number of ketones is 1. The van der Waals surface area contributed by atoms with Crippen LogP contribution in [0.2, 0.25) is 0 Å². The monoisotopic (exact) mass is 294 g/mol. The number of carbonyl (C=O) groups is 1. The Balaban J connectivity index is 2.03. The van der Waals surface area contributed by atoms with Crippen LogP contribution in [0.3, 0.4) is 0 Å². The van der Waals surface area contributed by atoms with Crippen LogP contribution in [-0.4, -0.2) is 12.4 Å². The third kappa shape index (κ3) is 4.88. The minimum Gasteiger partial charge on any atom is -0.494 e. The van der Waals surface area contributed by atoms with Crippen molar-refractivity contribution < 1.29 is 9.53 Å². The summed E-state index contributed by atoms with van der Waals surface area (Å²) in [6, 6.07) is 16.3. The molecule has 0 radical (unpaired) electrons. The van der Waals surface area contributed by atoms with E-state index < -0.39 is 0 Å². The average molecular weight is 294 g/mol. The third-order valence-corrected chi connectivity index (χ3v) is 3.38. The lowest BCUT2D eigenvalue weighted by molar-refractivity contribution is -0.112. The van der Waals surface area contributed by atoms with Crippen LogP contribution in [0.1, 0.15) is 32.3 Å². The molecule has 0 fully saturated rings. The Morgan fingerprint density at radius 3 is 2.14 bits per heavy atom. The summed E-state index contributed by atoms with van der Waals surface area (Å²) in [5.41, 5.74) is 3.34. The molecule has 0 amide bonds. The Morgan fingerprint density at radius 2 is 1.59 bits per heavy atom. The molecule has 114 valence electrons. The van der Waals surface area contributed by atoms with Gasteiger partial charge in [-0.25, -0.2) is 0 Å². The molecule has 22 heavy (non-hydrogen) atoms. The minimum absolute atomic E-state index is 0.0581. The number of hydrogen-bond acceptors (Lipinski definition) is 2. The van der Waals surface area contributed by atoms with Crippen molar-refractivity contribution in [1.82, 2.24) is 0 Å². The Bertz CT molecular complexity index is 622. The first-order chi connectivity index (χ1) is 10.7. The molecule has 2 aromatic rings. The Hall–Kier alpha value is -2.35. The molecule has 0 aliphatic rings. The second-order valence-corrected chi connectivity index (χ2v) is 5.29. The van der Waals surface area contributed by atoms with Crippen LogP contribution in [0.25, 0.3) is 17.2 Å². The highest BCUT2D eigenvalue weighted by Crippen LogP contribution is 2.23. The average Bonchev–Trinajstić information content (AvgIpc) is 2.54. The van der Waals surface area contributed by atoms with Gasteiger partial charge in [-0.3, -0.25) is 4.79 Å². The molecule has 0 saturated carbocycles. The molecule has 0 heterocycles. The summed E-state index contributed by atoms with van der Waals surface area (Å²) in [6.07, 6.45) is 5.63. The summed E-state index contributed by atoms with van der Waals surface area (Å²) in [5, 5.41) is 0. The summed E-state index contributed by atoms with van der Waals surface area (Å²) in [4.78, 5) is 10.9. The van der Waals surface area contributed by atoms with Crippen LogP contribution in [0.4, 0.5) is 0 Å². The first-order valence-corrected chi connectivity index (χ1v) is 7.71. The SMILES string of the molecule is CCCCOc1ccc(-c2ccc(C=CC(C)=O)cc2)cc1. The van der Waals surface area contributed by atoms with Crippen molar-refractivity contribution in [2.75, 3.05) is 6.61 Å². The maximum atomic E-state index is 10.9. The van der Waals surface area contributed by atoms with Crippen molar-refractivity contribution in [3.8, 4) is 16.9 Å². The first kappa shape index (κ1) is 16.0. The smallest absolute Gasteiger partial charge is 0.152 e. The van der Waals surface area contributed by atoms with Gasteiger partial charge in [-0.1, -0.05) is 55.8 Å². The lowest BCUT2D eigenvalue weighted by Crippen LogP contribution is -1.95. The number of ether oxygens (including phenoxy) is 1. The molecule has 2 heteroatoms. The third-order valence-electron chi connectivity index (χ3n) is 3.38. The van der Waals surface area contributed by atoms with E-state index in [1.165, 1.54) is 0 Å². The summed E-state index contributed by atoms with van der Waals surface area (Å²) >= 11 is 0. The van der Waals surface area contributed by atoms with Crippen LogP contribution < -0.4 is 4.74 Å². The fraction of sp³-hybridized carbons (Fsp3) is 0.250. The van der Waals surface area contributed by atoms with Crippen molar-refractivity contribution in [3.63, 3.8) is 0 Å². The molecule has 0 bridgehead atoms. The van der Waals surface area contributed by atoms with Crippen molar-refractivity contribution >= 4 is 11.9 Å². The lowest BCUT2D eigenvalue weighted by atomic mass is 10.0. The summed E-state index contributed by atoms with van der Waals surface area (Å²) in [7, 11) is 0. The van der Waals surface area contributed by atoms with E-state index in [1.807, 2.05) is 30.3 Å². The predicted molar refractivity (Wildman–Crippen MR) is 92.0 cm³/mol. The van der Waals surface area contributed by atoms with Gasteiger partial charge in [-0.15, -0.1) is 0 Å². The van der Waals surface area contributed by atoms with Gasteiger partial charge in [0.2, 0.25) is 0 Å². The maximum Gasteiger partial charge on any atom is 0.152 e. The number of carbonyl (C=O) groups excluding carboxylic acids is 1.